The zero-order chi connectivity index (χ0) is 33.6. The molecule has 14 heteroatoms. The first-order valence-corrected chi connectivity index (χ1v) is 17.6. The highest BCUT2D eigenvalue weighted by Gasteiger charge is 2.44. The maximum absolute atomic E-state index is 14.3. The number of rotatable bonds is 16. The molecule has 5 rings (SSSR count). The molecule has 0 aromatic heterocycles. The van der Waals surface area contributed by atoms with Gasteiger partial charge in [0.25, 0.3) is 0 Å². The van der Waals surface area contributed by atoms with Gasteiger partial charge in [0.2, 0.25) is 10.0 Å². The van der Waals surface area contributed by atoms with Crippen molar-refractivity contribution in [1.82, 2.24) is 9.62 Å². The second kappa shape index (κ2) is 15.4. The SMILES string of the molecule is CN(B1CO1)c1cccc(S(=O)(=O)N(C[C@@H](O)[C@H](Cc2ccccc2)NC(=O)O[C@H]2CO[C@H]3OCC[C@H]32)CC(C)(C)CCCC#N)c1. The lowest BCUT2D eigenvalue weighted by Gasteiger charge is -2.35. The molecule has 0 radical (unpaired) electrons. The van der Waals surface area contributed by atoms with E-state index in [0.29, 0.717) is 38.1 Å². The molecule has 3 fully saturated rings. The summed E-state index contributed by atoms with van der Waals surface area (Å²) in [5.74, 6) is -0.0524. The summed E-state index contributed by atoms with van der Waals surface area (Å²) in [7, 11) is -2.37. The number of nitrogens with zero attached hydrogens (tertiary/aromatic N) is 3. The number of fused-ring (bicyclic) bond motifs is 1. The number of carbonyl (C=O) groups excluding carboxylic acids is 1. The average Bonchev–Trinajstić information content (AvgIpc) is 3.68. The summed E-state index contributed by atoms with van der Waals surface area (Å²) in [6.45, 7) is 5.06. The van der Waals surface area contributed by atoms with Gasteiger partial charge in [0.15, 0.2) is 6.29 Å². The molecule has 2 N–H and O–H groups in total. The van der Waals surface area contributed by atoms with Crippen molar-refractivity contribution in [3.8, 4) is 6.07 Å². The Labute approximate surface area is 278 Å². The van der Waals surface area contributed by atoms with Gasteiger partial charge in [0, 0.05) is 25.2 Å². The van der Waals surface area contributed by atoms with Gasteiger partial charge in [-0.3, -0.25) is 0 Å². The Hall–Kier alpha value is -3.19. The summed E-state index contributed by atoms with van der Waals surface area (Å²) in [6, 6.07) is 17.3. The van der Waals surface area contributed by atoms with Gasteiger partial charge in [-0.15, -0.1) is 0 Å². The summed E-state index contributed by atoms with van der Waals surface area (Å²) in [5, 5.41) is 23.7. The Balaban J connectivity index is 1.38. The van der Waals surface area contributed by atoms with Gasteiger partial charge in [-0.2, -0.15) is 9.57 Å². The number of benzene rings is 2. The molecule has 0 aliphatic carbocycles. The van der Waals surface area contributed by atoms with E-state index < -0.39 is 39.8 Å². The minimum absolute atomic E-state index is 0.0524. The molecule has 3 aliphatic rings. The number of nitrogens with one attached hydrogen (secondary N) is 1. The number of sulfonamides is 1. The molecular formula is C33H45BN4O8S. The fraction of sp³-hybridized carbons (Fsp3) is 0.576. The van der Waals surface area contributed by atoms with Crippen LogP contribution in [-0.4, -0.2) is 95.4 Å². The molecule has 0 bridgehead atoms. The number of aliphatic hydroxyl groups excluding tert-OH is 1. The predicted octanol–water partition coefficient (Wildman–Crippen LogP) is 3.35. The molecule has 12 nitrogen and oxygen atoms in total. The molecule has 2 aromatic carbocycles. The second-order valence-electron chi connectivity index (χ2n) is 13.3. The highest BCUT2D eigenvalue weighted by atomic mass is 32.2. The van der Waals surface area contributed by atoms with E-state index in [1.54, 1.807) is 18.2 Å². The van der Waals surface area contributed by atoms with E-state index in [2.05, 4.69) is 11.4 Å². The van der Waals surface area contributed by atoms with Gasteiger partial charge in [-0.05, 0) is 61.9 Å². The van der Waals surface area contributed by atoms with E-state index in [9.17, 15) is 18.3 Å². The Morgan fingerprint density at radius 1 is 1.21 bits per heavy atom. The van der Waals surface area contributed by atoms with Gasteiger partial charge < -0.3 is 34.1 Å². The van der Waals surface area contributed by atoms with Crippen LogP contribution in [0.3, 0.4) is 0 Å². The van der Waals surface area contributed by atoms with E-state index >= 15 is 0 Å². The van der Waals surface area contributed by atoms with E-state index in [0.717, 1.165) is 12.0 Å². The Kier molecular flexibility index (Phi) is 11.5. The summed E-state index contributed by atoms with van der Waals surface area (Å²) in [5.41, 5.74) is 1.04. The minimum Gasteiger partial charge on any atom is -0.443 e. The molecule has 0 unspecified atom stereocenters. The third-order valence-corrected chi connectivity index (χ3v) is 10.9. The number of hydrogen-bond acceptors (Lipinski definition) is 10. The predicted molar refractivity (Wildman–Crippen MR) is 176 cm³/mol. The molecule has 1 amide bonds. The number of carbonyl (C=O) groups is 1. The third-order valence-electron chi connectivity index (χ3n) is 9.06. The normalized spacial score (nSPS) is 22.0. The maximum atomic E-state index is 14.3. The summed E-state index contributed by atoms with van der Waals surface area (Å²) >= 11 is 0. The zero-order valence-electron chi connectivity index (χ0n) is 27.3. The second-order valence-corrected chi connectivity index (χ2v) is 15.3. The fourth-order valence-corrected chi connectivity index (χ4v) is 7.94. The van der Waals surface area contributed by atoms with Crippen LogP contribution in [0.1, 0.15) is 45.1 Å². The first-order chi connectivity index (χ1) is 22.5. The van der Waals surface area contributed by atoms with Gasteiger partial charge in [-0.25, -0.2) is 13.2 Å². The van der Waals surface area contributed by atoms with Crippen LogP contribution in [0.2, 0.25) is 0 Å². The fourth-order valence-electron chi connectivity index (χ4n) is 6.25. The summed E-state index contributed by atoms with van der Waals surface area (Å²) < 4.78 is 52.3. The minimum atomic E-state index is -4.12. The number of alkyl carbamates (subject to hydrolysis) is 1. The van der Waals surface area contributed by atoms with Crippen molar-refractivity contribution in [2.24, 2.45) is 11.3 Å². The number of ether oxygens (including phenoxy) is 3. The largest absolute Gasteiger partial charge is 0.443 e. The van der Waals surface area contributed by atoms with Crippen LogP contribution in [0.25, 0.3) is 0 Å². The van der Waals surface area contributed by atoms with Crippen molar-refractivity contribution < 1.29 is 37.2 Å². The molecule has 0 saturated carbocycles. The lowest BCUT2D eigenvalue weighted by Crippen LogP contribution is -2.52. The average molecular weight is 669 g/mol. The molecule has 254 valence electrons. The third kappa shape index (κ3) is 9.25. The van der Waals surface area contributed by atoms with Crippen LogP contribution in [0.5, 0.6) is 0 Å². The molecule has 47 heavy (non-hydrogen) atoms. The van der Waals surface area contributed by atoms with Crippen LogP contribution >= 0.6 is 0 Å². The first-order valence-electron chi connectivity index (χ1n) is 16.2. The van der Waals surface area contributed by atoms with Gasteiger partial charge >= 0.3 is 13.1 Å². The standard InChI is InChI=1S/C33H45BN4O8S/c1-33(2,15-7-8-16-35)22-38(47(41,42)26-13-9-12-25(19-26)37(3)34-23-45-34)20-29(39)28(18-24-10-5-4-6-11-24)36-32(40)46-30-21-44-31-27(30)14-17-43-31/h4-6,9-13,19,27-31,39H,7-8,14-15,17-18,20-23H2,1-3H3,(H,36,40)/t27-,28-,29+,30-,31+/m0/s1. The molecule has 5 atom stereocenters. The van der Waals surface area contributed by atoms with Crippen molar-refractivity contribution in [1.29, 1.82) is 5.26 Å². The molecule has 3 saturated heterocycles. The number of anilines is 1. The number of amides is 1. The molecule has 2 aromatic rings. The maximum Gasteiger partial charge on any atom is 0.440 e. The van der Waals surface area contributed by atoms with Gasteiger partial charge in [0.1, 0.15) is 6.10 Å². The molecule has 3 aliphatic heterocycles. The number of hydrogen-bond donors (Lipinski definition) is 2. The lowest BCUT2D eigenvalue weighted by molar-refractivity contribution is -0.0907. The smallest absolute Gasteiger partial charge is 0.440 e. The van der Waals surface area contributed by atoms with Crippen molar-refractivity contribution in [2.45, 2.75) is 75.4 Å². The topological polar surface area (TPSA) is 154 Å². The zero-order valence-corrected chi connectivity index (χ0v) is 28.1. The van der Waals surface area contributed by atoms with Crippen molar-refractivity contribution in [2.75, 3.05) is 44.7 Å². The number of unbranched alkanes of at least 4 members (excludes halogenated alkanes) is 1. The number of aliphatic hydroxyl groups is 1. The molecule has 0 spiro atoms. The van der Waals surface area contributed by atoms with Crippen molar-refractivity contribution in [3.63, 3.8) is 0 Å². The van der Waals surface area contributed by atoms with E-state index in [-0.39, 0.29) is 50.3 Å². The number of nitriles is 1. The van der Waals surface area contributed by atoms with Crippen LogP contribution in [0.15, 0.2) is 59.5 Å². The van der Waals surface area contributed by atoms with Crippen LogP contribution in [-0.2, 0) is 35.3 Å². The lowest BCUT2D eigenvalue weighted by atomic mass is 9.87. The van der Waals surface area contributed by atoms with Gasteiger partial charge in [0.05, 0.1) is 48.7 Å². The quantitative estimate of drug-likeness (QED) is 0.155. The van der Waals surface area contributed by atoms with E-state index in [1.165, 1.54) is 4.31 Å². The van der Waals surface area contributed by atoms with Crippen LogP contribution in [0.4, 0.5) is 10.5 Å². The highest BCUT2D eigenvalue weighted by Crippen LogP contribution is 2.33. The summed E-state index contributed by atoms with van der Waals surface area (Å²) in [4.78, 5) is 15.2. The Morgan fingerprint density at radius 3 is 2.70 bits per heavy atom. The van der Waals surface area contributed by atoms with Crippen molar-refractivity contribution in [3.05, 3.63) is 60.2 Å². The van der Waals surface area contributed by atoms with E-state index in [4.69, 9.17) is 24.1 Å². The van der Waals surface area contributed by atoms with E-state index in [1.807, 2.05) is 62.1 Å². The highest BCUT2D eigenvalue weighted by molar-refractivity contribution is 7.89. The molecular weight excluding hydrogens is 623 g/mol. The van der Waals surface area contributed by atoms with Crippen LogP contribution < -0.4 is 10.1 Å². The Morgan fingerprint density at radius 2 is 1.98 bits per heavy atom. The van der Waals surface area contributed by atoms with Gasteiger partial charge in [-0.1, -0.05) is 50.2 Å². The van der Waals surface area contributed by atoms with Crippen LogP contribution in [0, 0.1) is 22.7 Å². The summed E-state index contributed by atoms with van der Waals surface area (Å²) in [6.07, 6.45) is -0.313. The van der Waals surface area contributed by atoms with Crippen molar-refractivity contribution >= 4 is 28.9 Å². The monoisotopic (exact) mass is 668 g/mol. The molecule has 3 heterocycles. The first kappa shape index (κ1) is 35.1. The Bertz CT molecular complexity index is 1500.